The molecule has 13 nitrogen and oxygen atoms in total. The summed E-state index contributed by atoms with van der Waals surface area (Å²) in [6.45, 7) is 8.58. The van der Waals surface area contributed by atoms with E-state index in [0.29, 0.717) is 47.0 Å². The van der Waals surface area contributed by atoms with Crippen LogP contribution < -0.4 is 29.6 Å². The zero-order chi connectivity index (χ0) is 43.0. The zero-order valence-electron chi connectivity index (χ0n) is 34.9. The van der Waals surface area contributed by atoms with Crippen LogP contribution in [0.4, 0.5) is 21.9 Å². The van der Waals surface area contributed by atoms with Gasteiger partial charge in [0.1, 0.15) is 17.2 Å². The number of fused-ring (bicyclic) bond motifs is 1. The molecule has 4 aromatic carbocycles. The van der Waals surface area contributed by atoms with E-state index in [1.54, 1.807) is 43.6 Å². The van der Waals surface area contributed by atoms with Crippen molar-refractivity contribution in [1.29, 1.82) is 0 Å². The number of methoxy groups -OCH3 is 2. The molecule has 15 heteroatoms. The Kier molecular flexibility index (Phi) is 14.1. The van der Waals surface area contributed by atoms with Crippen molar-refractivity contribution in [3.63, 3.8) is 0 Å². The van der Waals surface area contributed by atoms with E-state index in [-0.39, 0.29) is 22.6 Å². The van der Waals surface area contributed by atoms with Gasteiger partial charge in [0.2, 0.25) is 10.0 Å². The molecular weight excluding hydrogens is 803 g/mol. The highest BCUT2D eigenvalue weighted by molar-refractivity contribution is 7.92. The summed E-state index contributed by atoms with van der Waals surface area (Å²) in [6.07, 6.45) is 5.35. The van der Waals surface area contributed by atoms with Gasteiger partial charge in [0.15, 0.2) is 11.5 Å². The summed E-state index contributed by atoms with van der Waals surface area (Å²) in [5.41, 5.74) is 3.71. The molecule has 1 aliphatic heterocycles. The molecule has 1 saturated heterocycles. The second kappa shape index (κ2) is 19.3. The summed E-state index contributed by atoms with van der Waals surface area (Å²) >= 11 is 0. The minimum atomic E-state index is -3.64. The van der Waals surface area contributed by atoms with E-state index in [9.17, 15) is 22.2 Å². The van der Waals surface area contributed by atoms with Crippen LogP contribution in [0.5, 0.6) is 23.0 Å². The fourth-order valence-corrected chi connectivity index (χ4v) is 8.76. The number of carbonyl (C=O) groups excluding carboxylic acids is 2. The Morgan fingerprint density at radius 1 is 0.833 bits per heavy atom. The average molecular weight is 856 g/mol. The molecule has 0 aliphatic carbocycles. The first-order valence-corrected chi connectivity index (χ1v) is 23.2. The first-order valence-electron chi connectivity index (χ1n) is 19.8. The van der Waals surface area contributed by atoms with Gasteiger partial charge < -0.3 is 29.7 Å². The van der Waals surface area contributed by atoms with Crippen molar-refractivity contribution in [2.24, 2.45) is 0 Å². The SMILES string of the molecule is COc1cc(Cc2cc(Oc3ccc(NC(=O)Nc4cc(C(C)(C)C)cc(NS(C)(=O)=O)c4OC)c4ccccc34)ccn2)ccc1C(=O)CCCCN1CCS(=O)CC1. The van der Waals surface area contributed by atoms with Crippen LogP contribution in [0, 0.1) is 0 Å². The number of ether oxygens (including phenoxy) is 3. The number of sulfonamides is 1. The minimum absolute atomic E-state index is 0.0462. The monoisotopic (exact) mass is 855 g/mol. The molecule has 1 aliphatic rings. The molecule has 1 fully saturated rings. The third-order valence-corrected chi connectivity index (χ3v) is 12.1. The van der Waals surface area contributed by atoms with E-state index in [2.05, 4.69) is 25.2 Å². The number of nitrogens with one attached hydrogen (secondary N) is 3. The van der Waals surface area contributed by atoms with Crippen molar-refractivity contribution in [3.05, 3.63) is 107 Å². The van der Waals surface area contributed by atoms with Crippen LogP contribution in [0.2, 0.25) is 0 Å². The predicted octanol–water partition coefficient (Wildman–Crippen LogP) is 8.37. The van der Waals surface area contributed by atoms with Gasteiger partial charge in [0, 0.05) is 77.0 Å². The number of hydrogen-bond acceptors (Lipinski definition) is 10. The van der Waals surface area contributed by atoms with E-state index in [1.165, 1.54) is 7.11 Å². The van der Waals surface area contributed by atoms with Crippen molar-refractivity contribution < 1.29 is 36.4 Å². The van der Waals surface area contributed by atoms with Gasteiger partial charge in [-0.25, -0.2) is 13.2 Å². The Morgan fingerprint density at radius 2 is 1.55 bits per heavy atom. The lowest BCUT2D eigenvalue weighted by Crippen LogP contribution is -2.38. The molecule has 5 aromatic rings. The number of aromatic nitrogens is 1. The number of rotatable bonds is 16. The second-order valence-electron chi connectivity index (χ2n) is 15.8. The number of pyridine rings is 1. The van der Waals surface area contributed by atoms with Gasteiger partial charge in [-0.3, -0.25) is 18.7 Å². The molecule has 2 heterocycles. The molecule has 60 heavy (non-hydrogen) atoms. The van der Waals surface area contributed by atoms with Crippen LogP contribution in [0.25, 0.3) is 10.8 Å². The van der Waals surface area contributed by atoms with Gasteiger partial charge in [-0.1, -0.05) is 51.1 Å². The third-order valence-electron chi connectivity index (χ3n) is 10.2. The number of hydrogen-bond donors (Lipinski definition) is 3. The molecule has 0 unspecified atom stereocenters. The Balaban J connectivity index is 1.12. The largest absolute Gasteiger partial charge is 0.496 e. The number of amides is 2. The fraction of sp³-hybridized carbons (Fsp3) is 0.356. The first kappa shape index (κ1) is 44.1. The molecule has 0 bridgehead atoms. The molecule has 0 atom stereocenters. The van der Waals surface area contributed by atoms with Crippen LogP contribution in [0.1, 0.15) is 67.2 Å². The summed E-state index contributed by atoms with van der Waals surface area (Å²) in [5.74, 6) is 3.36. The summed E-state index contributed by atoms with van der Waals surface area (Å²) in [6, 6.07) is 23.3. The van der Waals surface area contributed by atoms with Gasteiger partial charge in [-0.2, -0.15) is 0 Å². The maximum Gasteiger partial charge on any atom is 0.323 e. The molecule has 6 rings (SSSR count). The molecule has 0 radical (unpaired) electrons. The van der Waals surface area contributed by atoms with E-state index in [1.807, 2.05) is 69.3 Å². The summed E-state index contributed by atoms with van der Waals surface area (Å²) in [4.78, 5) is 33.6. The molecule has 1 aromatic heterocycles. The van der Waals surface area contributed by atoms with Gasteiger partial charge in [-0.15, -0.1) is 0 Å². The highest BCUT2D eigenvalue weighted by Crippen LogP contribution is 2.40. The lowest BCUT2D eigenvalue weighted by atomic mass is 9.86. The van der Waals surface area contributed by atoms with E-state index in [4.69, 9.17) is 14.2 Å². The van der Waals surface area contributed by atoms with Crippen LogP contribution in [-0.4, -0.2) is 85.9 Å². The molecule has 0 saturated carbocycles. The number of unbranched alkanes of at least 4 members (excludes halogenated alkanes) is 1. The fourth-order valence-electron chi connectivity index (χ4n) is 7.08. The first-order chi connectivity index (χ1) is 28.6. The summed E-state index contributed by atoms with van der Waals surface area (Å²) in [7, 11) is -1.36. The Bertz CT molecular complexity index is 2490. The molecule has 2 amide bonds. The Hall–Kier alpha value is -5.51. The normalized spacial score (nSPS) is 13.8. The maximum absolute atomic E-state index is 13.5. The number of anilines is 3. The standard InChI is InChI=1S/C45H53N5O8S2/c1-45(2,3)31-27-38(43(57-5)39(28-31)49-60(6,54)55)48-44(52)47-37-16-17-41(35-12-8-7-11-34(35)37)58-33-18-19-46-32(29-33)25-30-14-15-36(42(26-30)56-4)40(51)13-9-10-20-50-21-23-59(53)24-22-50/h7-8,11-12,14-19,26-29,49H,9-10,13,20-25H2,1-6H3,(H2,47,48,52). The number of Topliss-reactive ketones (excluding diaryl/α,β-unsaturated/α-hetero) is 1. The summed E-state index contributed by atoms with van der Waals surface area (Å²) < 4.78 is 56.1. The van der Waals surface area contributed by atoms with Gasteiger partial charge >= 0.3 is 6.03 Å². The van der Waals surface area contributed by atoms with E-state index < -0.39 is 26.9 Å². The van der Waals surface area contributed by atoms with Crippen molar-refractivity contribution >= 4 is 60.5 Å². The van der Waals surface area contributed by atoms with E-state index in [0.717, 1.165) is 77.8 Å². The Morgan fingerprint density at radius 3 is 2.25 bits per heavy atom. The van der Waals surface area contributed by atoms with Crippen molar-refractivity contribution in [2.75, 3.05) is 67.0 Å². The third kappa shape index (κ3) is 11.6. The summed E-state index contributed by atoms with van der Waals surface area (Å²) in [5, 5.41) is 7.27. The van der Waals surface area contributed by atoms with Crippen LogP contribution in [0.15, 0.2) is 85.1 Å². The maximum atomic E-state index is 13.5. The second-order valence-corrected chi connectivity index (χ2v) is 19.3. The molecule has 0 spiro atoms. The number of ketones is 1. The van der Waals surface area contributed by atoms with Gasteiger partial charge in [0.25, 0.3) is 0 Å². The quantitative estimate of drug-likeness (QED) is 0.0649. The van der Waals surface area contributed by atoms with Crippen LogP contribution >= 0.6 is 0 Å². The van der Waals surface area contributed by atoms with Gasteiger partial charge in [-0.05, 0) is 78.4 Å². The highest BCUT2D eigenvalue weighted by Gasteiger charge is 2.23. The number of urea groups is 1. The van der Waals surface area contributed by atoms with Gasteiger partial charge in [0.05, 0.1) is 43.1 Å². The van der Waals surface area contributed by atoms with Crippen LogP contribution in [0.3, 0.4) is 0 Å². The predicted molar refractivity (Wildman–Crippen MR) is 239 cm³/mol. The molecule has 318 valence electrons. The number of benzene rings is 4. The topological polar surface area (TPSA) is 165 Å². The van der Waals surface area contributed by atoms with Crippen LogP contribution in [-0.2, 0) is 32.7 Å². The van der Waals surface area contributed by atoms with Crippen molar-refractivity contribution in [1.82, 2.24) is 9.88 Å². The number of carbonyl (C=O) groups is 2. The lowest BCUT2D eigenvalue weighted by Gasteiger charge is -2.25. The Labute approximate surface area is 354 Å². The lowest BCUT2D eigenvalue weighted by molar-refractivity contribution is 0.0975. The highest BCUT2D eigenvalue weighted by atomic mass is 32.2. The molecular formula is C45H53N5O8S2. The zero-order valence-corrected chi connectivity index (χ0v) is 36.6. The molecule has 3 N–H and O–H groups in total. The van der Waals surface area contributed by atoms with Crippen molar-refractivity contribution in [3.8, 4) is 23.0 Å². The average Bonchev–Trinajstić information content (AvgIpc) is 3.20. The van der Waals surface area contributed by atoms with E-state index >= 15 is 0 Å². The smallest absolute Gasteiger partial charge is 0.323 e. The number of nitrogens with zero attached hydrogens (tertiary/aromatic N) is 2. The van der Waals surface area contributed by atoms with Crippen molar-refractivity contribution in [2.45, 2.75) is 51.9 Å². The minimum Gasteiger partial charge on any atom is -0.496 e.